The molecule has 0 fully saturated rings. The molecule has 8 heteroatoms. The van der Waals surface area contributed by atoms with Crippen molar-refractivity contribution in [3.05, 3.63) is 61.8 Å². The van der Waals surface area contributed by atoms with Crippen molar-refractivity contribution in [3.8, 4) is 0 Å². The number of amides is 1. The van der Waals surface area contributed by atoms with Gasteiger partial charge in [0.15, 0.2) is 5.78 Å². The predicted molar refractivity (Wildman–Crippen MR) is 102 cm³/mol. The lowest BCUT2D eigenvalue weighted by Crippen LogP contribution is -2.24. The molecule has 0 atom stereocenters. The molecule has 0 radical (unpaired) electrons. The highest BCUT2D eigenvalue weighted by Crippen LogP contribution is 2.18. The minimum absolute atomic E-state index is 0.0734. The van der Waals surface area contributed by atoms with Crippen LogP contribution in [0.2, 0.25) is 5.02 Å². The van der Waals surface area contributed by atoms with Crippen LogP contribution in [0.3, 0.4) is 0 Å². The second-order valence-electron chi connectivity index (χ2n) is 5.76. The monoisotopic (exact) mass is 389 g/mol. The lowest BCUT2D eigenvalue weighted by Gasteiger charge is -2.05. The van der Waals surface area contributed by atoms with E-state index in [0.717, 1.165) is 4.88 Å². The maximum absolute atomic E-state index is 12.5. The number of carbonyl (C=O) groups excluding carboxylic acids is 2. The third-order valence-corrected chi connectivity index (χ3v) is 5.20. The molecule has 0 spiro atoms. The average Bonchev–Trinajstić information content (AvgIpc) is 3.06. The molecule has 6 nitrogen and oxygen atoms in total. The summed E-state index contributed by atoms with van der Waals surface area (Å²) in [6.45, 7) is 1.92. The Labute approximate surface area is 158 Å². The molecular formula is C18H16ClN3O3S. The number of aromatic nitrogens is 2. The molecule has 0 saturated carbocycles. The summed E-state index contributed by atoms with van der Waals surface area (Å²) in [6, 6.07) is 8.46. The van der Waals surface area contributed by atoms with Gasteiger partial charge in [-0.25, -0.2) is 4.98 Å². The van der Waals surface area contributed by atoms with Crippen molar-refractivity contribution in [3.63, 3.8) is 0 Å². The Morgan fingerprint density at radius 1 is 1.27 bits per heavy atom. The summed E-state index contributed by atoms with van der Waals surface area (Å²) >= 11 is 7.28. The molecule has 134 valence electrons. The van der Waals surface area contributed by atoms with Crippen LogP contribution < -0.4 is 10.9 Å². The molecule has 3 rings (SSSR count). The van der Waals surface area contributed by atoms with Crippen LogP contribution in [0.25, 0.3) is 10.9 Å². The number of halogens is 1. The maximum atomic E-state index is 12.5. The van der Waals surface area contributed by atoms with Gasteiger partial charge in [0.2, 0.25) is 5.91 Å². The van der Waals surface area contributed by atoms with Gasteiger partial charge in [-0.3, -0.25) is 19.0 Å². The first-order chi connectivity index (χ1) is 12.4. The number of hydrogen-bond donors (Lipinski definition) is 1. The van der Waals surface area contributed by atoms with Crippen molar-refractivity contribution in [2.75, 3.05) is 6.54 Å². The van der Waals surface area contributed by atoms with E-state index in [9.17, 15) is 14.4 Å². The molecule has 2 heterocycles. The minimum Gasteiger partial charge on any atom is -0.356 e. The molecule has 1 aromatic carbocycles. The van der Waals surface area contributed by atoms with Gasteiger partial charge >= 0.3 is 0 Å². The normalized spacial score (nSPS) is 10.8. The standard InChI is InChI=1S/C18H16ClN3O3S/c1-11(23)20-7-6-13-3-5-17(26-13)16(24)9-22-10-21-15-8-12(19)2-4-14(15)18(22)25/h2-5,8,10H,6-7,9H2,1H3,(H,20,23). The predicted octanol–water partition coefficient (Wildman–Crippen LogP) is 2.67. The van der Waals surface area contributed by atoms with Crippen LogP contribution in [0.15, 0.2) is 41.5 Å². The second-order valence-corrected chi connectivity index (χ2v) is 7.37. The summed E-state index contributed by atoms with van der Waals surface area (Å²) in [6.07, 6.45) is 2.03. The lowest BCUT2D eigenvalue weighted by molar-refractivity contribution is -0.118. The number of thiophene rings is 1. The fourth-order valence-corrected chi connectivity index (χ4v) is 3.60. The van der Waals surface area contributed by atoms with Crippen LogP contribution >= 0.6 is 22.9 Å². The largest absolute Gasteiger partial charge is 0.356 e. The molecule has 26 heavy (non-hydrogen) atoms. The molecule has 0 unspecified atom stereocenters. The highest BCUT2D eigenvalue weighted by Gasteiger charge is 2.13. The van der Waals surface area contributed by atoms with E-state index < -0.39 is 0 Å². The third-order valence-electron chi connectivity index (χ3n) is 3.78. The Morgan fingerprint density at radius 2 is 2.08 bits per heavy atom. The van der Waals surface area contributed by atoms with Crippen molar-refractivity contribution in [2.24, 2.45) is 0 Å². The summed E-state index contributed by atoms with van der Waals surface area (Å²) in [5, 5.41) is 3.65. The van der Waals surface area contributed by atoms with Gasteiger partial charge in [0.05, 0.1) is 28.7 Å². The molecule has 0 bridgehead atoms. The zero-order valence-corrected chi connectivity index (χ0v) is 15.6. The Bertz CT molecular complexity index is 1040. The second kappa shape index (κ2) is 7.80. The van der Waals surface area contributed by atoms with E-state index >= 15 is 0 Å². The number of carbonyl (C=O) groups is 2. The van der Waals surface area contributed by atoms with E-state index in [2.05, 4.69) is 10.3 Å². The molecule has 3 aromatic rings. The average molecular weight is 390 g/mol. The van der Waals surface area contributed by atoms with Gasteiger partial charge in [-0.2, -0.15) is 0 Å². The fourth-order valence-electron chi connectivity index (χ4n) is 2.50. The first-order valence-corrected chi connectivity index (χ1v) is 9.14. The topological polar surface area (TPSA) is 81.1 Å². The van der Waals surface area contributed by atoms with Crippen LogP contribution in [-0.2, 0) is 17.8 Å². The summed E-state index contributed by atoms with van der Waals surface area (Å²) in [5.74, 6) is -0.236. The molecule has 1 amide bonds. The van der Waals surface area contributed by atoms with E-state index in [1.165, 1.54) is 29.2 Å². The van der Waals surface area contributed by atoms with Gasteiger partial charge in [-0.05, 0) is 36.8 Å². The summed E-state index contributed by atoms with van der Waals surface area (Å²) < 4.78 is 1.30. The van der Waals surface area contributed by atoms with E-state index in [1.54, 1.807) is 24.3 Å². The van der Waals surface area contributed by atoms with Crippen LogP contribution in [0.4, 0.5) is 0 Å². The quantitative estimate of drug-likeness (QED) is 0.657. The van der Waals surface area contributed by atoms with E-state index in [1.807, 2.05) is 6.07 Å². The first kappa shape index (κ1) is 18.3. The van der Waals surface area contributed by atoms with Gasteiger partial charge in [-0.15, -0.1) is 11.3 Å². The first-order valence-electron chi connectivity index (χ1n) is 7.95. The van der Waals surface area contributed by atoms with Gasteiger partial charge in [0, 0.05) is 23.4 Å². The van der Waals surface area contributed by atoms with Crippen LogP contribution in [0.1, 0.15) is 21.5 Å². The molecule has 0 aliphatic rings. The van der Waals surface area contributed by atoms with E-state index in [4.69, 9.17) is 11.6 Å². The molecule has 2 aromatic heterocycles. The molecule has 0 aliphatic heterocycles. The van der Waals surface area contributed by atoms with Gasteiger partial charge in [0.25, 0.3) is 5.56 Å². The SMILES string of the molecule is CC(=O)NCCc1ccc(C(=O)Cn2cnc3cc(Cl)ccc3c2=O)s1. The Hall–Kier alpha value is -2.51. The smallest absolute Gasteiger partial charge is 0.261 e. The van der Waals surface area contributed by atoms with Crippen LogP contribution in [0, 0.1) is 0 Å². The summed E-state index contributed by atoms with van der Waals surface area (Å²) in [4.78, 5) is 41.7. The highest BCUT2D eigenvalue weighted by atomic mass is 35.5. The van der Waals surface area contributed by atoms with Crippen LogP contribution in [-0.4, -0.2) is 27.8 Å². The number of ketones is 1. The van der Waals surface area contributed by atoms with Crippen molar-refractivity contribution < 1.29 is 9.59 Å². The molecule has 1 N–H and O–H groups in total. The zero-order valence-electron chi connectivity index (χ0n) is 14.0. The summed E-state index contributed by atoms with van der Waals surface area (Å²) in [7, 11) is 0. The number of hydrogen-bond acceptors (Lipinski definition) is 5. The van der Waals surface area contributed by atoms with Crippen molar-refractivity contribution in [1.29, 1.82) is 0 Å². The van der Waals surface area contributed by atoms with E-state index in [-0.39, 0.29) is 23.8 Å². The van der Waals surface area contributed by atoms with Crippen LogP contribution in [0.5, 0.6) is 0 Å². The number of fused-ring (bicyclic) bond motifs is 1. The number of rotatable bonds is 6. The van der Waals surface area contributed by atoms with Crippen molar-refractivity contribution in [2.45, 2.75) is 19.9 Å². The highest BCUT2D eigenvalue weighted by molar-refractivity contribution is 7.14. The number of benzene rings is 1. The number of nitrogens with one attached hydrogen (secondary N) is 1. The summed E-state index contributed by atoms with van der Waals surface area (Å²) in [5.41, 5.74) is 0.227. The molecular weight excluding hydrogens is 374 g/mol. The zero-order chi connectivity index (χ0) is 18.7. The Morgan fingerprint density at radius 3 is 2.85 bits per heavy atom. The van der Waals surface area contributed by atoms with Crippen molar-refractivity contribution >= 4 is 45.5 Å². The minimum atomic E-state index is -0.276. The molecule has 0 aliphatic carbocycles. The number of nitrogens with zero attached hydrogens (tertiary/aromatic N) is 2. The lowest BCUT2D eigenvalue weighted by atomic mass is 10.2. The molecule has 0 saturated heterocycles. The van der Waals surface area contributed by atoms with Crippen molar-refractivity contribution in [1.82, 2.24) is 14.9 Å². The van der Waals surface area contributed by atoms with Gasteiger partial charge in [0.1, 0.15) is 0 Å². The third kappa shape index (κ3) is 4.17. The maximum Gasteiger partial charge on any atom is 0.261 e. The Kier molecular flexibility index (Phi) is 5.49. The van der Waals surface area contributed by atoms with E-state index in [0.29, 0.717) is 33.8 Å². The van der Waals surface area contributed by atoms with Gasteiger partial charge in [-0.1, -0.05) is 11.6 Å². The van der Waals surface area contributed by atoms with Gasteiger partial charge < -0.3 is 5.32 Å². The fraction of sp³-hybridized carbons (Fsp3) is 0.222. The number of Topliss-reactive ketones (excluding diaryl/α,β-unsaturated/α-hetero) is 1. The Balaban J connectivity index is 1.74.